The first-order valence-corrected chi connectivity index (χ1v) is 14.5. The molecule has 0 aliphatic rings. The summed E-state index contributed by atoms with van der Waals surface area (Å²) in [6.45, 7) is 0.503. The molecule has 2 amide bonds. The van der Waals surface area contributed by atoms with E-state index in [1.54, 1.807) is 18.2 Å². The molecular weight excluding hydrogens is 556 g/mol. The lowest BCUT2D eigenvalue weighted by Gasteiger charge is -2.13. The average molecular weight is 589 g/mol. The van der Waals surface area contributed by atoms with Crippen molar-refractivity contribution >= 4 is 11.8 Å². The van der Waals surface area contributed by atoms with Crippen molar-refractivity contribution in [2.45, 2.75) is 19.3 Å². The second-order valence-electron chi connectivity index (χ2n) is 9.98. The van der Waals surface area contributed by atoms with Crippen molar-refractivity contribution in [3.63, 3.8) is 0 Å². The fourth-order valence-corrected chi connectivity index (χ4v) is 4.69. The Morgan fingerprint density at radius 2 is 1.36 bits per heavy atom. The molecule has 4 aromatic carbocycles. The largest absolute Gasteiger partial charge is 0.493 e. The number of terminal acetylenes is 3. The second kappa shape index (κ2) is 16.5. The molecule has 0 aliphatic carbocycles. The Balaban J connectivity index is 1.50. The average Bonchev–Trinajstić information content (AvgIpc) is 3.08. The van der Waals surface area contributed by atoms with Crippen molar-refractivity contribution in [3.8, 4) is 54.6 Å². The van der Waals surface area contributed by atoms with Crippen molar-refractivity contribution in [1.29, 1.82) is 0 Å². The van der Waals surface area contributed by atoms with Gasteiger partial charge in [0.05, 0.1) is 19.7 Å². The number of benzene rings is 4. The highest BCUT2D eigenvalue weighted by molar-refractivity contribution is 5.97. The molecule has 0 saturated carbocycles. The van der Waals surface area contributed by atoms with Crippen LogP contribution in [-0.4, -0.2) is 31.5 Å². The van der Waals surface area contributed by atoms with Gasteiger partial charge in [-0.1, -0.05) is 84.2 Å². The number of ether oxygens (including phenoxy) is 1. The van der Waals surface area contributed by atoms with Gasteiger partial charge in [0.2, 0.25) is 0 Å². The van der Waals surface area contributed by atoms with Gasteiger partial charge >= 0.3 is 0 Å². The maximum atomic E-state index is 13.2. The van der Waals surface area contributed by atoms with Gasteiger partial charge in [0.1, 0.15) is 5.75 Å². The van der Waals surface area contributed by atoms with E-state index in [1.807, 2.05) is 60.7 Å². The Kier molecular flexibility index (Phi) is 11.6. The minimum Gasteiger partial charge on any atom is -0.493 e. The van der Waals surface area contributed by atoms with E-state index in [0.717, 1.165) is 17.7 Å². The van der Waals surface area contributed by atoms with Gasteiger partial charge < -0.3 is 15.4 Å². The van der Waals surface area contributed by atoms with E-state index in [2.05, 4.69) is 52.4 Å². The predicted molar refractivity (Wildman–Crippen MR) is 179 cm³/mol. The van der Waals surface area contributed by atoms with Crippen LogP contribution in [-0.2, 0) is 19.3 Å². The van der Waals surface area contributed by atoms with Crippen molar-refractivity contribution in [1.82, 2.24) is 10.6 Å². The predicted octanol–water partition coefficient (Wildman–Crippen LogP) is 5.20. The van der Waals surface area contributed by atoms with E-state index in [9.17, 15) is 9.59 Å². The van der Waals surface area contributed by atoms with Gasteiger partial charge in [0, 0.05) is 34.2 Å². The number of nitrogens with one attached hydrogen (secondary N) is 2. The number of rotatable bonds is 11. The summed E-state index contributed by atoms with van der Waals surface area (Å²) in [7, 11) is 0. The summed E-state index contributed by atoms with van der Waals surface area (Å²) in [5.41, 5.74) is 5.38. The van der Waals surface area contributed by atoms with Crippen LogP contribution in [0.15, 0.2) is 91.0 Å². The standard InChI is InChI=1S/C40H32N2O3/c1-4-24-41-40(44)38-29-32(6-3)34(28-35(38)23-26-45-36-17-11-8-12-18-36)16-13-25-42-39(43)37-27-30(5-2)19-21-33(37)22-20-31-14-9-7-10-15-31/h1-3,7-12,14-15,17-19,21,27-29H,20,22-26H2,(H,41,44)(H,42,43). The quantitative estimate of drug-likeness (QED) is 0.237. The van der Waals surface area contributed by atoms with Gasteiger partial charge in [0.15, 0.2) is 0 Å². The zero-order chi connectivity index (χ0) is 31.9. The van der Waals surface area contributed by atoms with Crippen LogP contribution in [0.2, 0.25) is 0 Å². The molecule has 0 atom stereocenters. The van der Waals surface area contributed by atoms with Gasteiger partial charge in [-0.05, 0) is 65.9 Å². The lowest BCUT2D eigenvalue weighted by Crippen LogP contribution is -2.25. The van der Waals surface area contributed by atoms with Gasteiger partial charge in [-0.2, -0.15) is 0 Å². The fourth-order valence-electron chi connectivity index (χ4n) is 4.69. The van der Waals surface area contributed by atoms with Gasteiger partial charge in [-0.15, -0.1) is 19.3 Å². The zero-order valence-corrected chi connectivity index (χ0v) is 24.9. The third-order valence-corrected chi connectivity index (χ3v) is 6.99. The van der Waals surface area contributed by atoms with Crippen LogP contribution in [0.3, 0.4) is 0 Å². The minimum absolute atomic E-state index is 0.0815. The maximum Gasteiger partial charge on any atom is 0.252 e. The Hall–Kier alpha value is -6.14. The van der Waals surface area contributed by atoms with Crippen LogP contribution in [0.4, 0.5) is 0 Å². The third-order valence-electron chi connectivity index (χ3n) is 6.99. The monoisotopic (exact) mass is 588 g/mol. The molecule has 0 radical (unpaired) electrons. The van der Waals surface area contributed by atoms with Gasteiger partial charge in [0.25, 0.3) is 11.8 Å². The van der Waals surface area contributed by atoms with E-state index in [1.165, 1.54) is 5.56 Å². The first kappa shape index (κ1) is 31.8. The number of carbonyl (C=O) groups is 2. The van der Waals surface area contributed by atoms with Crippen molar-refractivity contribution in [2.24, 2.45) is 0 Å². The molecule has 0 saturated heterocycles. The van der Waals surface area contributed by atoms with Crippen LogP contribution in [0.5, 0.6) is 5.75 Å². The molecule has 220 valence electrons. The van der Waals surface area contributed by atoms with E-state index in [-0.39, 0.29) is 24.9 Å². The van der Waals surface area contributed by atoms with E-state index >= 15 is 0 Å². The highest BCUT2D eigenvalue weighted by Gasteiger charge is 2.15. The number of hydrogen-bond donors (Lipinski definition) is 2. The number of para-hydroxylation sites is 1. The summed E-state index contributed by atoms with van der Waals surface area (Å²) in [5.74, 6) is 13.8. The van der Waals surface area contributed by atoms with E-state index < -0.39 is 0 Å². The number of amides is 2. The Morgan fingerprint density at radius 1 is 0.667 bits per heavy atom. The summed E-state index contributed by atoms with van der Waals surface area (Å²) in [6, 6.07) is 28.4. The molecule has 0 heterocycles. The Labute approximate surface area is 265 Å². The molecule has 5 nitrogen and oxygen atoms in total. The normalized spacial score (nSPS) is 9.80. The molecule has 5 heteroatoms. The Bertz CT molecular complexity index is 1840. The SMILES string of the molecule is C#CCNC(=O)c1cc(C#C)c(C#CCNC(=O)c2cc(C#C)ccc2CCc2ccccc2)cc1CCOc1ccccc1. The van der Waals surface area contributed by atoms with Gasteiger partial charge in [-0.3, -0.25) is 9.59 Å². The summed E-state index contributed by atoms with van der Waals surface area (Å²) < 4.78 is 5.86. The van der Waals surface area contributed by atoms with Crippen LogP contribution in [0, 0.1) is 48.9 Å². The summed E-state index contributed by atoms with van der Waals surface area (Å²) in [4.78, 5) is 26.1. The molecule has 2 N–H and O–H groups in total. The lowest BCUT2D eigenvalue weighted by atomic mass is 9.96. The molecule has 0 aromatic heterocycles. The topological polar surface area (TPSA) is 67.4 Å². The van der Waals surface area contributed by atoms with E-state index in [4.69, 9.17) is 24.0 Å². The maximum absolute atomic E-state index is 13.2. The van der Waals surface area contributed by atoms with Crippen molar-refractivity contribution in [3.05, 3.63) is 136 Å². The fraction of sp³-hybridized carbons (Fsp3) is 0.150. The summed E-state index contributed by atoms with van der Waals surface area (Å²) in [6.07, 6.45) is 18.7. The van der Waals surface area contributed by atoms with Crippen LogP contribution in [0.1, 0.15) is 54.1 Å². The summed E-state index contributed by atoms with van der Waals surface area (Å²) >= 11 is 0. The zero-order valence-electron chi connectivity index (χ0n) is 24.9. The highest BCUT2D eigenvalue weighted by atomic mass is 16.5. The second-order valence-corrected chi connectivity index (χ2v) is 9.98. The minimum atomic E-state index is -0.330. The molecule has 4 aromatic rings. The van der Waals surface area contributed by atoms with Crippen LogP contribution >= 0.6 is 0 Å². The molecule has 0 fully saturated rings. The first-order chi connectivity index (χ1) is 22.0. The third kappa shape index (κ3) is 9.17. The molecular formula is C40H32N2O3. The van der Waals surface area contributed by atoms with Crippen molar-refractivity contribution < 1.29 is 14.3 Å². The highest BCUT2D eigenvalue weighted by Crippen LogP contribution is 2.19. The number of aryl methyl sites for hydroxylation is 2. The Morgan fingerprint density at radius 3 is 2.04 bits per heavy atom. The van der Waals surface area contributed by atoms with Crippen LogP contribution in [0.25, 0.3) is 0 Å². The molecule has 45 heavy (non-hydrogen) atoms. The molecule has 0 bridgehead atoms. The van der Waals surface area contributed by atoms with E-state index in [0.29, 0.717) is 52.8 Å². The summed E-state index contributed by atoms with van der Waals surface area (Å²) in [5, 5.41) is 5.58. The molecule has 0 aliphatic heterocycles. The van der Waals surface area contributed by atoms with Gasteiger partial charge in [-0.25, -0.2) is 0 Å². The molecule has 0 spiro atoms. The smallest absolute Gasteiger partial charge is 0.252 e. The van der Waals surface area contributed by atoms with Crippen LogP contribution < -0.4 is 15.4 Å². The first-order valence-electron chi connectivity index (χ1n) is 14.5. The number of hydrogen-bond acceptors (Lipinski definition) is 3. The lowest BCUT2D eigenvalue weighted by molar-refractivity contribution is 0.0949. The van der Waals surface area contributed by atoms with Crippen molar-refractivity contribution in [2.75, 3.05) is 19.7 Å². The molecule has 4 rings (SSSR count). The molecule has 0 unspecified atom stereocenters. The number of carbonyl (C=O) groups excluding carboxylic acids is 2.